The zero-order chi connectivity index (χ0) is 17.4. The molecule has 134 valence electrons. The first-order valence-corrected chi connectivity index (χ1v) is 9.24. The van der Waals surface area contributed by atoms with Crippen LogP contribution in [0, 0.1) is 0 Å². The molecule has 1 atom stereocenters. The summed E-state index contributed by atoms with van der Waals surface area (Å²) in [6, 6.07) is 5.89. The van der Waals surface area contributed by atoms with Crippen molar-refractivity contribution >= 4 is 11.9 Å². The second kappa shape index (κ2) is 6.41. The van der Waals surface area contributed by atoms with Crippen molar-refractivity contribution in [1.29, 1.82) is 0 Å². The first-order chi connectivity index (χ1) is 12.1. The highest BCUT2D eigenvalue weighted by Crippen LogP contribution is 2.42. The molecule has 3 aliphatic rings. The molecule has 6 nitrogen and oxygen atoms in total. The summed E-state index contributed by atoms with van der Waals surface area (Å²) >= 11 is 0. The number of carbonyl (C=O) groups is 2. The van der Waals surface area contributed by atoms with Gasteiger partial charge in [0.15, 0.2) is 0 Å². The van der Waals surface area contributed by atoms with Gasteiger partial charge in [0.05, 0.1) is 12.8 Å². The maximum atomic E-state index is 13.2. The molecule has 1 aliphatic carbocycles. The molecule has 0 N–H and O–H groups in total. The minimum Gasteiger partial charge on any atom is -0.464 e. The van der Waals surface area contributed by atoms with Crippen LogP contribution in [0.2, 0.25) is 0 Å². The minimum absolute atomic E-state index is 0.322. The summed E-state index contributed by atoms with van der Waals surface area (Å²) in [5.74, 6) is -0.102. The third kappa shape index (κ3) is 2.92. The van der Waals surface area contributed by atoms with Gasteiger partial charge in [-0.05, 0) is 57.2 Å². The molecule has 0 radical (unpaired) electrons. The summed E-state index contributed by atoms with van der Waals surface area (Å²) in [6.45, 7) is 2.43. The van der Waals surface area contributed by atoms with Crippen LogP contribution < -0.4 is 0 Å². The lowest BCUT2D eigenvalue weighted by atomic mass is 9.85. The van der Waals surface area contributed by atoms with Gasteiger partial charge in [-0.15, -0.1) is 0 Å². The van der Waals surface area contributed by atoms with Crippen molar-refractivity contribution in [3.63, 3.8) is 0 Å². The second-order valence-electron chi connectivity index (χ2n) is 7.40. The Morgan fingerprint density at radius 2 is 2.04 bits per heavy atom. The van der Waals surface area contributed by atoms with Crippen LogP contribution in [0.25, 0.3) is 0 Å². The molecule has 1 spiro atoms. The maximum absolute atomic E-state index is 13.2. The van der Waals surface area contributed by atoms with Gasteiger partial charge < -0.3 is 9.64 Å². The number of esters is 1. The van der Waals surface area contributed by atoms with E-state index in [0.717, 1.165) is 57.3 Å². The Balaban J connectivity index is 1.55. The van der Waals surface area contributed by atoms with Gasteiger partial charge in [0.1, 0.15) is 11.2 Å². The fraction of sp³-hybridized carbons (Fsp3) is 0.632. The lowest BCUT2D eigenvalue weighted by Crippen LogP contribution is -2.60. The zero-order valence-corrected chi connectivity index (χ0v) is 14.7. The van der Waals surface area contributed by atoms with Crippen molar-refractivity contribution in [2.24, 2.45) is 0 Å². The van der Waals surface area contributed by atoms with Crippen molar-refractivity contribution in [3.05, 3.63) is 29.6 Å². The van der Waals surface area contributed by atoms with E-state index in [-0.39, 0.29) is 5.54 Å². The Bertz CT molecular complexity index is 688. The molecular weight excluding hydrogens is 318 g/mol. The largest absolute Gasteiger partial charge is 0.464 e. The average Bonchev–Trinajstić information content (AvgIpc) is 3.40. The third-order valence-electron chi connectivity index (χ3n) is 5.81. The quantitative estimate of drug-likeness (QED) is 0.783. The summed E-state index contributed by atoms with van der Waals surface area (Å²) < 4.78 is 4.76. The van der Waals surface area contributed by atoms with Crippen LogP contribution in [0.1, 0.15) is 54.7 Å². The topological polar surface area (TPSA) is 62.7 Å². The highest BCUT2D eigenvalue weighted by atomic mass is 16.5. The number of piperidine rings is 1. The van der Waals surface area contributed by atoms with E-state index in [4.69, 9.17) is 4.74 Å². The minimum atomic E-state index is -0.424. The summed E-state index contributed by atoms with van der Waals surface area (Å²) in [5.41, 5.74) is 0.785. The maximum Gasteiger partial charge on any atom is 0.356 e. The number of aromatic nitrogens is 1. The Hall–Kier alpha value is -1.95. The highest BCUT2D eigenvalue weighted by molar-refractivity contribution is 5.88. The number of hydrogen-bond donors (Lipinski definition) is 0. The van der Waals surface area contributed by atoms with Crippen LogP contribution in [0.4, 0.5) is 0 Å². The summed E-state index contributed by atoms with van der Waals surface area (Å²) in [7, 11) is 1.36. The van der Waals surface area contributed by atoms with E-state index in [2.05, 4.69) is 14.8 Å². The van der Waals surface area contributed by atoms with Crippen LogP contribution in [0.15, 0.2) is 18.2 Å². The lowest BCUT2D eigenvalue weighted by Gasteiger charge is -2.44. The van der Waals surface area contributed by atoms with Crippen molar-refractivity contribution in [3.8, 4) is 0 Å². The summed E-state index contributed by atoms with van der Waals surface area (Å²) in [4.78, 5) is 33.8. The molecule has 3 fully saturated rings. The lowest BCUT2D eigenvalue weighted by molar-refractivity contribution is -0.148. The third-order valence-corrected chi connectivity index (χ3v) is 5.81. The molecule has 2 aliphatic heterocycles. The van der Waals surface area contributed by atoms with Crippen LogP contribution >= 0.6 is 0 Å². The second-order valence-corrected chi connectivity index (χ2v) is 7.40. The van der Waals surface area contributed by atoms with Gasteiger partial charge in [-0.1, -0.05) is 6.07 Å². The number of likely N-dealkylation sites (tertiary alicyclic amines) is 2. The number of ether oxygens (including phenoxy) is 1. The first kappa shape index (κ1) is 16.5. The van der Waals surface area contributed by atoms with Crippen molar-refractivity contribution < 1.29 is 14.3 Å². The van der Waals surface area contributed by atoms with Crippen molar-refractivity contribution in [2.45, 2.75) is 56.7 Å². The molecule has 4 rings (SSSR count). The smallest absolute Gasteiger partial charge is 0.356 e. The molecule has 1 saturated carbocycles. The van der Waals surface area contributed by atoms with Crippen LogP contribution in [0.3, 0.4) is 0 Å². The van der Waals surface area contributed by atoms with E-state index in [1.165, 1.54) is 7.11 Å². The van der Waals surface area contributed by atoms with Crippen LogP contribution in [-0.2, 0) is 16.1 Å². The van der Waals surface area contributed by atoms with E-state index < -0.39 is 5.97 Å². The molecule has 3 heterocycles. The normalized spacial score (nSPS) is 27.1. The number of hydrogen-bond acceptors (Lipinski definition) is 5. The Kier molecular flexibility index (Phi) is 4.23. The van der Waals surface area contributed by atoms with Crippen molar-refractivity contribution in [1.82, 2.24) is 14.8 Å². The monoisotopic (exact) mass is 343 g/mol. The molecular formula is C19H25N3O3. The molecule has 1 unspecified atom stereocenters. The standard InChI is InChI=1S/C19H25N3O3/c1-25-17(23)16-6-2-5-14(20-16)13-21-11-3-9-19(21)10-4-12-22(18(19)24)15-7-8-15/h2,5-6,15H,3-4,7-13H2,1H3. The average molecular weight is 343 g/mol. The Labute approximate surface area is 148 Å². The molecule has 0 aromatic carbocycles. The number of carbonyl (C=O) groups excluding carboxylic acids is 2. The van der Waals surface area contributed by atoms with Gasteiger partial charge in [0, 0.05) is 19.1 Å². The summed E-state index contributed by atoms with van der Waals surface area (Å²) in [6.07, 6.45) is 6.31. The molecule has 1 aromatic rings. The molecule has 2 saturated heterocycles. The molecule has 0 bridgehead atoms. The highest BCUT2D eigenvalue weighted by Gasteiger charge is 2.53. The fourth-order valence-corrected chi connectivity index (χ4v) is 4.42. The predicted molar refractivity (Wildman–Crippen MR) is 91.9 cm³/mol. The predicted octanol–water partition coefficient (Wildman–Crippen LogP) is 1.99. The first-order valence-electron chi connectivity index (χ1n) is 9.24. The van der Waals surface area contributed by atoms with Gasteiger partial charge in [-0.2, -0.15) is 0 Å². The summed E-state index contributed by atoms with van der Waals surface area (Å²) in [5, 5.41) is 0. The SMILES string of the molecule is COC(=O)c1cccc(CN2CCCC23CCCN(C2CC2)C3=O)n1. The van der Waals surface area contributed by atoms with Gasteiger partial charge in [-0.3, -0.25) is 9.69 Å². The number of nitrogens with zero attached hydrogens (tertiary/aromatic N) is 3. The molecule has 6 heteroatoms. The van der Waals surface area contributed by atoms with Crippen molar-refractivity contribution in [2.75, 3.05) is 20.2 Å². The van der Waals surface area contributed by atoms with Gasteiger partial charge in [0.2, 0.25) is 5.91 Å². The molecule has 25 heavy (non-hydrogen) atoms. The van der Waals surface area contributed by atoms with Gasteiger partial charge in [-0.25, -0.2) is 9.78 Å². The van der Waals surface area contributed by atoms with E-state index in [9.17, 15) is 9.59 Å². The fourth-order valence-electron chi connectivity index (χ4n) is 4.42. The van der Waals surface area contributed by atoms with Crippen LogP contribution in [0.5, 0.6) is 0 Å². The molecule has 1 aromatic heterocycles. The number of methoxy groups -OCH3 is 1. The Morgan fingerprint density at radius 3 is 2.76 bits per heavy atom. The number of rotatable bonds is 4. The van der Waals surface area contributed by atoms with Gasteiger partial charge >= 0.3 is 5.97 Å². The number of pyridine rings is 1. The zero-order valence-electron chi connectivity index (χ0n) is 14.7. The number of amides is 1. The Morgan fingerprint density at radius 1 is 1.28 bits per heavy atom. The van der Waals surface area contributed by atoms with E-state index in [0.29, 0.717) is 24.2 Å². The van der Waals surface area contributed by atoms with Gasteiger partial charge in [0.25, 0.3) is 0 Å². The van der Waals surface area contributed by atoms with E-state index in [1.54, 1.807) is 6.07 Å². The van der Waals surface area contributed by atoms with E-state index >= 15 is 0 Å². The van der Waals surface area contributed by atoms with Crippen LogP contribution in [-0.4, -0.2) is 58.4 Å². The van der Waals surface area contributed by atoms with E-state index in [1.807, 2.05) is 12.1 Å². The molecule has 1 amide bonds.